The molecule has 30 heavy (non-hydrogen) atoms. The summed E-state index contributed by atoms with van der Waals surface area (Å²) in [5.74, 6) is 1.22. The summed E-state index contributed by atoms with van der Waals surface area (Å²) < 4.78 is 0. The molecule has 2 aromatic carbocycles. The molecule has 0 spiro atoms. The van der Waals surface area contributed by atoms with Gasteiger partial charge in [-0.25, -0.2) is 4.98 Å². The van der Waals surface area contributed by atoms with E-state index in [9.17, 15) is 4.79 Å². The van der Waals surface area contributed by atoms with E-state index < -0.39 is 0 Å². The molecule has 0 saturated carbocycles. The fourth-order valence-corrected chi connectivity index (χ4v) is 4.12. The predicted molar refractivity (Wildman–Crippen MR) is 121 cm³/mol. The van der Waals surface area contributed by atoms with Crippen molar-refractivity contribution in [1.29, 1.82) is 0 Å². The number of para-hydroxylation sites is 2. The summed E-state index contributed by atoms with van der Waals surface area (Å²) in [4.78, 5) is 25.2. The summed E-state index contributed by atoms with van der Waals surface area (Å²) in [5.41, 5.74) is 3.37. The molecule has 0 aliphatic carbocycles. The molecule has 1 aliphatic heterocycles. The van der Waals surface area contributed by atoms with Crippen LogP contribution in [0.15, 0.2) is 54.6 Å². The van der Waals surface area contributed by atoms with Crippen molar-refractivity contribution >= 4 is 22.9 Å². The number of hydrogen-bond acceptors (Lipinski definition) is 4. The smallest absolute Gasteiger partial charge is 0.223 e. The molecule has 1 saturated heterocycles. The van der Waals surface area contributed by atoms with E-state index >= 15 is 0 Å². The molecule has 1 fully saturated rings. The van der Waals surface area contributed by atoms with Crippen molar-refractivity contribution in [2.24, 2.45) is 5.92 Å². The van der Waals surface area contributed by atoms with Crippen LogP contribution >= 0.6 is 0 Å². The van der Waals surface area contributed by atoms with Crippen molar-refractivity contribution < 1.29 is 4.79 Å². The van der Waals surface area contributed by atoms with E-state index in [1.165, 1.54) is 5.56 Å². The third-order valence-corrected chi connectivity index (χ3v) is 5.85. The molecular formula is C24H31N5O. The number of anilines is 1. The molecule has 2 heterocycles. The minimum absolute atomic E-state index is 0.104. The van der Waals surface area contributed by atoms with Crippen LogP contribution in [0.1, 0.15) is 24.8 Å². The standard InChI is InChI=1S/C24H31N5O/c1-28(18-19-8-3-2-4-9-19)15-7-14-25-23(30)20-12-16-29(17-13-20)24-26-21-10-5-6-11-22(21)27-24/h2-6,8-11,20H,7,12-18H2,1H3,(H,25,30)(H,26,27). The molecular weight excluding hydrogens is 374 g/mol. The summed E-state index contributed by atoms with van der Waals surface area (Å²) >= 11 is 0. The fraction of sp³-hybridized carbons (Fsp3) is 0.417. The number of carbonyl (C=O) groups is 1. The molecule has 1 amide bonds. The SMILES string of the molecule is CN(CCCNC(=O)C1CCN(c2nc3ccccc3[nH]2)CC1)Cc1ccccc1. The predicted octanol–water partition coefficient (Wildman–Crippen LogP) is 3.42. The third-order valence-electron chi connectivity index (χ3n) is 5.85. The molecule has 0 atom stereocenters. The lowest BCUT2D eigenvalue weighted by molar-refractivity contribution is -0.125. The van der Waals surface area contributed by atoms with E-state index in [0.717, 1.165) is 69.0 Å². The lowest BCUT2D eigenvalue weighted by atomic mass is 9.96. The van der Waals surface area contributed by atoms with Gasteiger partial charge in [0.25, 0.3) is 0 Å². The Morgan fingerprint density at radius 2 is 1.87 bits per heavy atom. The van der Waals surface area contributed by atoms with Crippen molar-refractivity contribution in [2.75, 3.05) is 38.1 Å². The first kappa shape index (κ1) is 20.4. The number of carbonyl (C=O) groups excluding carboxylic acids is 1. The number of hydrogen-bond donors (Lipinski definition) is 2. The van der Waals surface area contributed by atoms with E-state index in [1.54, 1.807) is 0 Å². The maximum atomic E-state index is 12.6. The van der Waals surface area contributed by atoms with Crippen molar-refractivity contribution in [3.05, 3.63) is 60.2 Å². The molecule has 6 heteroatoms. The summed E-state index contributed by atoms with van der Waals surface area (Å²) in [7, 11) is 2.13. The molecule has 3 aromatic rings. The number of fused-ring (bicyclic) bond motifs is 1. The number of aromatic nitrogens is 2. The Bertz CT molecular complexity index is 913. The van der Waals surface area contributed by atoms with Gasteiger partial charge in [0.2, 0.25) is 11.9 Å². The maximum Gasteiger partial charge on any atom is 0.223 e. The van der Waals surface area contributed by atoms with Crippen LogP contribution in [-0.4, -0.2) is 54.0 Å². The number of piperidine rings is 1. The average Bonchev–Trinajstić information content (AvgIpc) is 3.22. The first-order valence-corrected chi connectivity index (χ1v) is 10.9. The van der Waals surface area contributed by atoms with E-state index in [-0.39, 0.29) is 11.8 Å². The highest BCUT2D eigenvalue weighted by molar-refractivity contribution is 5.79. The second-order valence-electron chi connectivity index (χ2n) is 8.21. The Morgan fingerprint density at radius 1 is 1.13 bits per heavy atom. The number of aromatic amines is 1. The van der Waals surface area contributed by atoms with Crippen LogP contribution in [0.3, 0.4) is 0 Å². The lowest BCUT2D eigenvalue weighted by Gasteiger charge is -2.31. The quantitative estimate of drug-likeness (QED) is 0.564. The van der Waals surface area contributed by atoms with E-state index in [0.29, 0.717) is 0 Å². The summed E-state index contributed by atoms with van der Waals surface area (Å²) in [5, 5.41) is 3.14. The number of benzene rings is 2. The van der Waals surface area contributed by atoms with Gasteiger partial charge in [-0.2, -0.15) is 0 Å². The Balaban J connectivity index is 1.16. The number of imidazole rings is 1. The Labute approximate surface area is 178 Å². The van der Waals surface area contributed by atoms with Gasteiger partial charge in [0.1, 0.15) is 0 Å². The lowest BCUT2D eigenvalue weighted by Crippen LogP contribution is -2.41. The molecule has 1 aliphatic rings. The van der Waals surface area contributed by atoms with Crippen LogP contribution in [-0.2, 0) is 11.3 Å². The van der Waals surface area contributed by atoms with Crippen LogP contribution < -0.4 is 10.2 Å². The highest BCUT2D eigenvalue weighted by atomic mass is 16.1. The highest BCUT2D eigenvalue weighted by Crippen LogP contribution is 2.23. The Morgan fingerprint density at radius 3 is 2.63 bits per heavy atom. The molecule has 2 N–H and O–H groups in total. The number of nitrogens with zero attached hydrogens (tertiary/aromatic N) is 3. The topological polar surface area (TPSA) is 64.3 Å². The van der Waals surface area contributed by atoms with E-state index in [2.05, 4.69) is 56.4 Å². The van der Waals surface area contributed by atoms with Crippen molar-refractivity contribution in [3.63, 3.8) is 0 Å². The monoisotopic (exact) mass is 405 g/mol. The number of amides is 1. The fourth-order valence-electron chi connectivity index (χ4n) is 4.12. The molecule has 1 aromatic heterocycles. The Hall–Kier alpha value is -2.86. The van der Waals surface area contributed by atoms with E-state index in [4.69, 9.17) is 0 Å². The van der Waals surface area contributed by atoms with Crippen molar-refractivity contribution in [1.82, 2.24) is 20.2 Å². The van der Waals surface area contributed by atoms with Gasteiger partial charge in [-0.1, -0.05) is 42.5 Å². The van der Waals surface area contributed by atoms with Gasteiger partial charge in [-0.15, -0.1) is 0 Å². The molecule has 158 valence electrons. The van der Waals surface area contributed by atoms with Crippen LogP contribution in [0.2, 0.25) is 0 Å². The number of nitrogens with one attached hydrogen (secondary N) is 2. The second-order valence-corrected chi connectivity index (χ2v) is 8.21. The zero-order valence-corrected chi connectivity index (χ0v) is 17.7. The first-order chi connectivity index (χ1) is 14.7. The largest absolute Gasteiger partial charge is 0.356 e. The first-order valence-electron chi connectivity index (χ1n) is 10.9. The highest BCUT2D eigenvalue weighted by Gasteiger charge is 2.26. The van der Waals surface area contributed by atoms with Crippen LogP contribution in [0.5, 0.6) is 0 Å². The average molecular weight is 406 g/mol. The minimum atomic E-state index is 0.104. The zero-order valence-electron chi connectivity index (χ0n) is 17.7. The van der Waals surface area contributed by atoms with Gasteiger partial charge in [0.15, 0.2) is 0 Å². The molecule has 4 rings (SSSR count). The van der Waals surface area contributed by atoms with Crippen molar-refractivity contribution in [3.8, 4) is 0 Å². The van der Waals surface area contributed by atoms with Gasteiger partial charge < -0.3 is 20.1 Å². The van der Waals surface area contributed by atoms with E-state index in [1.807, 2.05) is 30.3 Å². The molecule has 0 unspecified atom stereocenters. The Kier molecular flexibility index (Phi) is 6.64. The third kappa shape index (κ3) is 5.19. The normalized spacial score (nSPS) is 15.1. The van der Waals surface area contributed by atoms with Crippen LogP contribution in [0.4, 0.5) is 5.95 Å². The zero-order chi connectivity index (χ0) is 20.8. The van der Waals surface area contributed by atoms with Gasteiger partial charge in [-0.3, -0.25) is 4.79 Å². The van der Waals surface area contributed by atoms with Crippen LogP contribution in [0.25, 0.3) is 11.0 Å². The summed E-state index contributed by atoms with van der Waals surface area (Å²) in [6, 6.07) is 18.6. The van der Waals surface area contributed by atoms with Gasteiger partial charge >= 0.3 is 0 Å². The summed E-state index contributed by atoms with van der Waals surface area (Å²) in [6.45, 7) is 4.37. The van der Waals surface area contributed by atoms with Crippen molar-refractivity contribution in [2.45, 2.75) is 25.8 Å². The number of rotatable bonds is 8. The van der Waals surface area contributed by atoms with Gasteiger partial charge in [0.05, 0.1) is 11.0 Å². The minimum Gasteiger partial charge on any atom is -0.356 e. The maximum absolute atomic E-state index is 12.6. The summed E-state index contributed by atoms with van der Waals surface area (Å²) in [6.07, 6.45) is 2.71. The molecule has 6 nitrogen and oxygen atoms in total. The van der Waals surface area contributed by atoms with Gasteiger partial charge in [-0.05, 0) is 50.6 Å². The van der Waals surface area contributed by atoms with Crippen LogP contribution in [0, 0.1) is 5.92 Å². The molecule has 0 radical (unpaired) electrons. The molecule has 0 bridgehead atoms. The second kappa shape index (κ2) is 9.76. The van der Waals surface area contributed by atoms with Gasteiger partial charge in [0, 0.05) is 32.1 Å². The number of H-pyrrole nitrogens is 1.